The van der Waals surface area contributed by atoms with Gasteiger partial charge < -0.3 is 15.4 Å². The van der Waals surface area contributed by atoms with E-state index in [-0.39, 0.29) is 11.5 Å². The van der Waals surface area contributed by atoms with Crippen LogP contribution in [0.25, 0.3) is 5.65 Å². The number of benzene rings is 1. The molecule has 31 heavy (non-hydrogen) atoms. The third-order valence-corrected chi connectivity index (χ3v) is 5.30. The fraction of sp³-hybridized carbons (Fsp3) is 0.304. The fourth-order valence-corrected chi connectivity index (χ4v) is 3.60. The Kier molecular flexibility index (Phi) is 6.69. The number of nitrogens with zero attached hydrogens (tertiary/aromatic N) is 4. The maximum atomic E-state index is 13.0. The maximum absolute atomic E-state index is 13.0. The molecular weight excluding hydrogens is 394 g/mol. The Hall–Kier alpha value is -3.68. The second kappa shape index (κ2) is 9.42. The molecule has 0 unspecified atom stereocenters. The van der Waals surface area contributed by atoms with Crippen LogP contribution in [0, 0.1) is 13.8 Å². The molecular formula is C23H27N5O3. The topological polar surface area (TPSA) is 103 Å². The first-order valence-electron chi connectivity index (χ1n) is 10.0. The third-order valence-electron chi connectivity index (χ3n) is 5.30. The van der Waals surface area contributed by atoms with Gasteiger partial charge in [0.15, 0.2) is 5.65 Å². The molecule has 2 heterocycles. The highest BCUT2D eigenvalue weighted by atomic mass is 16.5. The van der Waals surface area contributed by atoms with Gasteiger partial charge in [0.1, 0.15) is 11.3 Å². The molecule has 3 aromatic rings. The van der Waals surface area contributed by atoms with E-state index in [2.05, 4.69) is 16.7 Å². The SMILES string of the molecule is C=CCN(Cc1ccc(OC)cc1)C(=O)CCc1c(C)nc2c(C(N)=O)cnn2c1C. The molecule has 3 rings (SSSR count). The number of carbonyl (C=O) groups excluding carboxylic acids is 2. The lowest BCUT2D eigenvalue weighted by Gasteiger charge is -2.22. The number of aryl methyl sites for hydroxylation is 2. The fourth-order valence-electron chi connectivity index (χ4n) is 3.60. The summed E-state index contributed by atoms with van der Waals surface area (Å²) < 4.78 is 6.79. The average Bonchev–Trinajstić information content (AvgIpc) is 3.18. The zero-order valence-corrected chi connectivity index (χ0v) is 18.1. The molecule has 8 nitrogen and oxygen atoms in total. The van der Waals surface area contributed by atoms with E-state index in [1.54, 1.807) is 22.6 Å². The average molecular weight is 422 g/mol. The van der Waals surface area contributed by atoms with Gasteiger partial charge in [-0.05, 0) is 43.5 Å². The van der Waals surface area contributed by atoms with Gasteiger partial charge in [-0.15, -0.1) is 6.58 Å². The Bertz CT molecular complexity index is 1120. The number of hydrogen-bond acceptors (Lipinski definition) is 5. The van der Waals surface area contributed by atoms with Crippen LogP contribution in [-0.4, -0.2) is 45.0 Å². The van der Waals surface area contributed by atoms with Crippen molar-refractivity contribution in [3.63, 3.8) is 0 Å². The lowest BCUT2D eigenvalue weighted by Crippen LogP contribution is -2.31. The summed E-state index contributed by atoms with van der Waals surface area (Å²) in [7, 11) is 1.62. The molecule has 162 valence electrons. The number of carbonyl (C=O) groups is 2. The minimum atomic E-state index is -0.567. The summed E-state index contributed by atoms with van der Waals surface area (Å²) in [6.45, 7) is 8.49. The summed E-state index contributed by atoms with van der Waals surface area (Å²) in [6.07, 6.45) is 3.98. The molecule has 2 aromatic heterocycles. The summed E-state index contributed by atoms with van der Waals surface area (Å²) in [5.74, 6) is 0.230. The molecule has 0 aliphatic carbocycles. The molecule has 0 spiro atoms. The van der Waals surface area contributed by atoms with Crippen LogP contribution in [-0.2, 0) is 17.8 Å². The van der Waals surface area contributed by atoms with Crippen molar-refractivity contribution in [2.75, 3.05) is 13.7 Å². The predicted octanol–water partition coefficient (Wildman–Crippen LogP) is 2.60. The number of primary amides is 1. The number of rotatable bonds is 9. The Balaban J connectivity index is 1.76. The van der Waals surface area contributed by atoms with E-state index in [0.717, 1.165) is 28.3 Å². The first-order chi connectivity index (χ1) is 14.8. The summed E-state index contributed by atoms with van der Waals surface area (Å²) in [5.41, 5.74) is 9.67. The molecule has 1 aromatic carbocycles. The Morgan fingerprint density at radius 3 is 2.58 bits per heavy atom. The smallest absolute Gasteiger partial charge is 0.254 e. The van der Waals surface area contributed by atoms with Gasteiger partial charge in [-0.2, -0.15) is 5.10 Å². The van der Waals surface area contributed by atoms with Crippen LogP contribution in [0.4, 0.5) is 0 Å². The van der Waals surface area contributed by atoms with E-state index in [4.69, 9.17) is 10.5 Å². The monoisotopic (exact) mass is 421 g/mol. The van der Waals surface area contributed by atoms with Crippen molar-refractivity contribution in [2.24, 2.45) is 5.73 Å². The van der Waals surface area contributed by atoms with Crippen LogP contribution < -0.4 is 10.5 Å². The second-order valence-corrected chi connectivity index (χ2v) is 7.33. The van der Waals surface area contributed by atoms with Gasteiger partial charge in [0.25, 0.3) is 5.91 Å². The summed E-state index contributed by atoms with van der Waals surface area (Å²) in [5, 5.41) is 4.24. The van der Waals surface area contributed by atoms with Gasteiger partial charge in [0.05, 0.1) is 13.3 Å². The Morgan fingerprint density at radius 1 is 1.26 bits per heavy atom. The Labute approximate surface area is 181 Å². The van der Waals surface area contributed by atoms with Crippen LogP contribution in [0.1, 0.15) is 39.3 Å². The van der Waals surface area contributed by atoms with Crippen molar-refractivity contribution in [3.05, 3.63) is 71.2 Å². The molecule has 0 fully saturated rings. The number of nitrogens with two attached hydrogens (primary N) is 1. The number of hydrogen-bond donors (Lipinski definition) is 1. The number of aromatic nitrogens is 3. The molecule has 8 heteroatoms. The summed E-state index contributed by atoms with van der Waals surface area (Å²) in [6, 6.07) is 7.65. The number of fused-ring (bicyclic) bond motifs is 1. The van der Waals surface area contributed by atoms with Crippen molar-refractivity contribution in [1.29, 1.82) is 0 Å². The van der Waals surface area contributed by atoms with E-state index < -0.39 is 5.91 Å². The first kappa shape index (κ1) is 22.0. The zero-order valence-electron chi connectivity index (χ0n) is 18.1. The lowest BCUT2D eigenvalue weighted by atomic mass is 10.1. The molecule has 0 aliphatic rings. The Morgan fingerprint density at radius 2 is 1.97 bits per heavy atom. The first-order valence-corrected chi connectivity index (χ1v) is 10.0. The van der Waals surface area contributed by atoms with Crippen molar-refractivity contribution in [1.82, 2.24) is 19.5 Å². The molecule has 0 saturated heterocycles. The predicted molar refractivity (Wildman–Crippen MR) is 118 cm³/mol. The number of ether oxygens (including phenoxy) is 1. The highest BCUT2D eigenvalue weighted by molar-refractivity contribution is 5.98. The van der Waals surface area contributed by atoms with Crippen LogP contribution >= 0.6 is 0 Å². The van der Waals surface area contributed by atoms with E-state index in [1.807, 2.05) is 38.1 Å². The normalized spacial score (nSPS) is 10.8. The van der Waals surface area contributed by atoms with Crippen LogP contribution in [0.5, 0.6) is 5.75 Å². The minimum Gasteiger partial charge on any atom is -0.497 e. The van der Waals surface area contributed by atoms with E-state index in [0.29, 0.717) is 31.6 Å². The molecule has 2 amide bonds. The van der Waals surface area contributed by atoms with Gasteiger partial charge in [-0.3, -0.25) is 9.59 Å². The van der Waals surface area contributed by atoms with Crippen molar-refractivity contribution in [3.8, 4) is 5.75 Å². The molecule has 0 bridgehead atoms. The van der Waals surface area contributed by atoms with Crippen molar-refractivity contribution < 1.29 is 14.3 Å². The molecule has 0 saturated carbocycles. The van der Waals surface area contributed by atoms with Crippen molar-refractivity contribution in [2.45, 2.75) is 33.2 Å². The standard InChI is InChI=1S/C23H27N5O3/c1-5-12-27(14-17-6-8-18(31-4)9-7-17)21(29)11-10-19-15(2)26-23-20(22(24)30)13-25-28(23)16(19)3/h5-9,13H,1,10-12,14H2,2-4H3,(H2,24,30). The quantitative estimate of drug-likeness (QED) is 0.535. The van der Waals surface area contributed by atoms with E-state index in [1.165, 1.54) is 6.20 Å². The van der Waals surface area contributed by atoms with Gasteiger partial charge in [-0.1, -0.05) is 18.2 Å². The van der Waals surface area contributed by atoms with Crippen LogP contribution in [0.2, 0.25) is 0 Å². The zero-order chi connectivity index (χ0) is 22.5. The molecule has 0 aliphatic heterocycles. The van der Waals surface area contributed by atoms with Crippen LogP contribution in [0.3, 0.4) is 0 Å². The van der Waals surface area contributed by atoms with Gasteiger partial charge >= 0.3 is 0 Å². The lowest BCUT2D eigenvalue weighted by molar-refractivity contribution is -0.131. The van der Waals surface area contributed by atoms with E-state index >= 15 is 0 Å². The van der Waals surface area contributed by atoms with Gasteiger partial charge in [-0.25, -0.2) is 9.50 Å². The summed E-state index contributed by atoms with van der Waals surface area (Å²) in [4.78, 5) is 30.8. The largest absolute Gasteiger partial charge is 0.497 e. The third kappa shape index (κ3) is 4.74. The van der Waals surface area contributed by atoms with Gasteiger partial charge in [0, 0.05) is 30.9 Å². The number of methoxy groups -OCH3 is 1. The van der Waals surface area contributed by atoms with Crippen LogP contribution in [0.15, 0.2) is 43.1 Å². The summed E-state index contributed by atoms with van der Waals surface area (Å²) >= 11 is 0. The molecule has 0 atom stereocenters. The molecule has 2 N–H and O–H groups in total. The van der Waals surface area contributed by atoms with Crippen molar-refractivity contribution >= 4 is 17.5 Å². The van der Waals surface area contributed by atoms with Gasteiger partial charge in [0.2, 0.25) is 5.91 Å². The number of amides is 2. The highest BCUT2D eigenvalue weighted by Crippen LogP contribution is 2.19. The highest BCUT2D eigenvalue weighted by Gasteiger charge is 2.19. The maximum Gasteiger partial charge on any atom is 0.254 e. The van der Waals surface area contributed by atoms with E-state index in [9.17, 15) is 9.59 Å². The molecule has 0 radical (unpaired) electrons. The minimum absolute atomic E-state index is 0.0212. The second-order valence-electron chi connectivity index (χ2n) is 7.33.